The highest BCUT2D eigenvalue weighted by Gasteiger charge is 2.21. The van der Waals surface area contributed by atoms with Gasteiger partial charge >= 0.3 is 0 Å². The van der Waals surface area contributed by atoms with Crippen LogP contribution in [-0.4, -0.2) is 53.8 Å². The van der Waals surface area contributed by atoms with Crippen molar-refractivity contribution in [3.05, 3.63) is 65.7 Å². The second-order valence-electron chi connectivity index (χ2n) is 7.34. The molecule has 0 aliphatic heterocycles. The van der Waals surface area contributed by atoms with E-state index >= 15 is 0 Å². The lowest BCUT2D eigenvalue weighted by atomic mass is 10.1. The number of phenols is 1. The van der Waals surface area contributed by atoms with Gasteiger partial charge in [-0.2, -0.15) is 0 Å². The first-order chi connectivity index (χ1) is 15.3. The molecular weight excluding hydrogens is 412 g/mol. The summed E-state index contributed by atoms with van der Waals surface area (Å²) in [4.78, 5) is 47.7. The van der Waals surface area contributed by atoms with Gasteiger partial charge in [-0.25, -0.2) is 5.32 Å². The molecule has 0 aliphatic rings. The van der Waals surface area contributed by atoms with E-state index in [-0.39, 0.29) is 18.6 Å². The van der Waals surface area contributed by atoms with Crippen LogP contribution in [0.5, 0.6) is 5.75 Å². The van der Waals surface area contributed by atoms with Crippen LogP contribution in [0.1, 0.15) is 18.1 Å². The number of aldehydes is 1. The van der Waals surface area contributed by atoms with Gasteiger partial charge in [0.2, 0.25) is 11.8 Å². The number of hydrogen-bond acceptors (Lipinski definition) is 6. The third kappa shape index (κ3) is 8.19. The summed E-state index contributed by atoms with van der Waals surface area (Å²) >= 11 is 0. The number of nitrogens with two attached hydrogens (primary N) is 1. The number of nitrogens with one attached hydrogen (secondary N) is 2. The zero-order chi connectivity index (χ0) is 23.5. The van der Waals surface area contributed by atoms with Gasteiger partial charge in [-0.3, -0.25) is 14.4 Å². The van der Waals surface area contributed by atoms with Gasteiger partial charge in [0.15, 0.2) is 0 Å². The molecule has 169 valence electrons. The van der Waals surface area contributed by atoms with Gasteiger partial charge in [0, 0.05) is 6.42 Å². The second kappa shape index (κ2) is 12.2. The van der Waals surface area contributed by atoms with Crippen molar-refractivity contribution in [1.82, 2.24) is 16.0 Å². The standard InChI is InChI=1S/C23H27N4O5/c1-15(26-23(32)20(24)12-17-7-9-19(29)10-8-17)22(31)25-13-21(30)27-18(14-28)11-16-5-3-2-4-6-16/h2-10,14-15,18,20,29H,11-13,24H2,1H3,(H,25,31)(H,26,32)/t15-,18+,20+/m1/s1. The first kappa shape index (κ1) is 24.5. The molecule has 0 saturated heterocycles. The number of aromatic hydroxyl groups is 1. The second-order valence-corrected chi connectivity index (χ2v) is 7.34. The van der Waals surface area contributed by atoms with E-state index in [4.69, 9.17) is 5.73 Å². The largest absolute Gasteiger partial charge is 0.508 e. The van der Waals surface area contributed by atoms with Gasteiger partial charge in [-0.1, -0.05) is 42.5 Å². The fraction of sp³-hybridized carbons (Fsp3) is 0.304. The van der Waals surface area contributed by atoms with Crippen molar-refractivity contribution in [2.75, 3.05) is 6.54 Å². The molecule has 3 amide bonds. The van der Waals surface area contributed by atoms with E-state index in [1.54, 1.807) is 12.1 Å². The van der Waals surface area contributed by atoms with Crippen molar-refractivity contribution >= 4 is 24.0 Å². The van der Waals surface area contributed by atoms with Gasteiger partial charge in [0.05, 0.1) is 12.6 Å². The van der Waals surface area contributed by atoms with Crippen LogP contribution in [0.15, 0.2) is 54.6 Å². The zero-order valence-electron chi connectivity index (χ0n) is 17.7. The minimum absolute atomic E-state index is 0.109. The number of amides is 3. The molecule has 0 aromatic heterocycles. The van der Waals surface area contributed by atoms with E-state index in [2.05, 4.69) is 16.0 Å². The molecule has 0 aliphatic carbocycles. The van der Waals surface area contributed by atoms with Crippen LogP contribution >= 0.6 is 0 Å². The molecule has 3 atom stereocenters. The Bertz CT molecular complexity index is 918. The Balaban J connectivity index is 1.74. The normalized spacial score (nSPS) is 13.3. The lowest BCUT2D eigenvalue weighted by molar-refractivity contribution is -0.130. The molecule has 0 saturated carbocycles. The van der Waals surface area contributed by atoms with E-state index < -0.39 is 42.4 Å². The maximum absolute atomic E-state index is 12.2. The first-order valence-electron chi connectivity index (χ1n) is 10.1. The Morgan fingerprint density at radius 1 is 1.00 bits per heavy atom. The summed E-state index contributed by atoms with van der Waals surface area (Å²) in [6.45, 7) is 1.07. The highest BCUT2D eigenvalue weighted by Crippen LogP contribution is 2.11. The van der Waals surface area contributed by atoms with Crippen molar-refractivity contribution in [2.24, 2.45) is 5.73 Å². The van der Waals surface area contributed by atoms with Crippen molar-refractivity contribution in [1.29, 1.82) is 0 Å². The summed E-state index contributed by atoms with van der Waals surface area (Å²) in [5.41, 5.74) is 7.51. The predicted octanol–water partition coefficient (Wildman–Crippen LogP) is -0.176. The van der Waals surface area contributed by atoms with Gasteiger partial charge in [0.1, 0.15) is 24.1 Å². The van der Waals surface area contributed by atoms with Gasteiger partial charge in [-0.05, 0) is 36.6 Å². The maximum Gasteiger partial charge on any atom is 0.261 e. The summed E-state index contributed by atoms with van der Waals surface area (Å²) in [7, 11) is 0. The molecule has 5 N–H and O–H groups in total. The molecule has 0 unspecified atom stereocenters. The van der Waals surface area contributed by atoms with Crippen molar-refractivity contribution < 1.29 is 24.3 Å². The number of phenolic OH excluding ortho intramolecular Hbond substituents is 1. The van der Waals surface area contributed by atoms with E-state index in [1.165, 1.54) is 19.1 Å². The highest BCUT2D eigenvalue weighted by molar-refractivity contribution is 5.91. The molecule has 0 spiro atoms. The van der Waals surface area contributed by atoms with Crippen LogP contribution in [0.3, 0.4) is 0 Å². The van der Waals surface area contributed by atoms with Crippen LogP contribution in [-0.2, 0) is 32.0 Å². The Kier molecular flexibility index (Phi) is 9.37. The molecule has 2 aromatic rings. The first-order valence-corrected chi connectivity index (χ1v) is 10.1. The third-order valence-electron chi connectivity index (χ3n) is 4.65. The Morgan fingerprint density at radius 3 is 2.25 bits per heavy atom. The number of benzene rings is 2. The van der Waals surface area contributed by atoms with Crippen LogP contribution in [0, 0.1) is 0 Å². The quantitative estimate of drug-likeness (QED) is 0.357. The average Bonchev–Trinajstić information content (AvgIpc) is 2.79. The van der Waals surface area contributed by atoms with Gasteiger partial charge < -0.3 is 26.3 Å². The minimum atomic E-state index is -0.924. The molecule has 1 radical (unpaired) electrons. The van der Waals surface area contributed by atoms with Gasteiger partial charge in [-0.15, -0.1) is 0 Å². The number of carbonyl (C=O) groups excluding carboxylic acids is 4. The lowest BCUT2D eigenvalue weighted by Crippen LogP contribution is -2.52. The Hall–Kier alpha value is -3.72. The SMILES string of the molecule is C[C@@H](NC(=O)[C@@H](N)Cc1ccc(O)cc1)C(=O)NCC(=O)[N][C@H](C=O)Cc1ccccc1. The lowest BCUT2D eigenvalue weighted by Gasteiger charge is -2.17. The zero-order valence-corrected chi connectivity index (χ0v) is 17.7. The molecule has 9 nitrogen and oxygen atoms in total. The molecule has 0 fully saturated rings. The van der Waals surface area contributed by atoms with E-state index in [0.29, 0.717) is 6.29 Å². The Morgan fingerprint density at radius 2 is 1.62 bits per heavy atom. The topological polar surface area (TPSA) is 153 Å². The summed E-state index contributed by atoms with van der Waals surface area (Å²) in [6.07, 6.45) is 1.10. The number of nitrogens with zero attached hydrogens (tertiary/aromatic N) is 1. The number of carbonyl (C=O) groups is 4. The molecule has 0 bridgehead atoms. The fourth-order valence-electron chi connectivity index (χ4n) is 2.89. The Labute approximate surface area is 186 Å². The smallest absolute Gasteiger partial charge is 0.261 e. The van der Waals surface area contributed by atoms with E-state index in [0.717, 1.165) is 11.1 Å². The van der Waals surface area contributed by atoms with Crippen LogP contribution in [0.4, 0.5) is 0 Å². The summed E-state index contributed by atoms with van der Waals surface area (Å²) in [5.74, 6) is -1.64. The molecule has 9 heteroatoms. The molecule has 0 heterocycles. The number of rotatable bonds is 11. The fourth-order valence-corrected chi connectivity index (χ4v) is 2.89. The van der Waals surface area contributed by atoms with E-state index in [1.807, 2.05) is 30.3 Å². The molecule has 2 aromatic carbocycles. The molecule has 2 rings (SSSR count). The maximum atomic E-state index is 12.2. The summed E-state index contributed by atoms with van der Waals surface area (Å²) < 4.78 is 0. The van der Waals surface area contributed by atoms with Gasteiger partial charge in [0.25, 0.3) is 5.91 Å². The minimum Gasteiger partial charge on any atom is -0.508 e. The van der Waals surface area contributed by atoms with Crippen LogP contribution < -0.4 is 21.7 Å². The van der Waals surface area contributed by atoms with Crippen molar-refractivity contribution in [3.8, 4) is 5.75 Å². The monoisotopic (exact) mass is 439 g/mol. The predicted molar refractivity (Wildman–Crippen MR) is 118 cm³/mol. The third-order valence-corrected chi connectivity index (χ3v) is 4.65. The summed E-state index contributed by atoms with van der Waals surface area (Å²) in [6, 6.07) is 12.8. The van der Waals surface area contributed by atoms with E-state index in [9.17, 15) is 24.3 Å². The number of hydrogen-bond donors (Lipinski definition) is 4. The van der Waals surface area contributed by atoms with Crippen molar-refractivity contribution in [2.45, 2.75) is 37.9 Å². The molecule has 32 heavy (non-hydrogen) atoms. The average molecular weight is 439 g/mol. The highest BCUT2D eigenvalue weighted by atomic mass is 16.3. The van der Waals surface area contributed by atoms with Crippen molar-refractivity contribution in [3.63, 3.8) is 0 Å². The van der Waals surface area contributed by atoms with Crippen LogP contribution in [0.25, 0.3) is 0 Å². The summed E-state index contributed by atoms with van der Waals surface area (Å²) in [5, 5.41) is 18.0. The molecular formula is C23H27N4O5. The van der Waals surface area contributed by atoms with Crippen LogP contribution in [0.2, 0.25) is 0 Å².